The van der Waals surface area contributed by atoms with E-state index in [1.54, 1.807) is 16.8 Å². The van der Waals surface area contributed by atoms with E-state index in [-0.39, 0.29) is 11.3 Å². The molecule has 0 aliphatic rings. The van der Waals surface area contributed by atoms with Crippen molar-refractivity contribution in [3.63, 3.8) is 0 Å². The van der Waals surface area contributed by atoms with E-state index in [1.165, 1.54) is 0 Å². The fourth-order valence-electron chi connectivity index (χ4n) is 3.45. The molecule has 0 saturated heterocycles. The molecule has 0 saturated carbocycles. The molecule has 4 rings (SSSR count). The highest BCUT2D eigenvalue weighted by molar-refractivity contribution is 5.69. The number of aromatic nitrogens is 2. The topological polar surface area (TPSA) is 55.1 Å². The summed E-state index contributed by atoms with van der Waals surface area (Å²) in [6.07, 6.45) is 2.02. The van der Waals surface area contributed by atoms with E-state index >= 15 is 0 Å². The highest BCUT2D eigenvalue weighted by Gasteiger charge is 2.21. The number of hydrogen-bond donors (Lipinski definition) is 1. The van der Waals surface area contributed by atoms with Crippen molar-refractivity contribution in [2.24, 2.45) is 0 Å². The van der Waals surface area contributed by atoms with Crippen LogP contribution in [0.3, 0.4) is 0 Å². The van der Waals surface area contributed by atoms with Crippen molar-refractivity contribution >= 4 is 0 Å². The van der Waals surface area contributed by atoms with Crippen LogP contribution in [0, 0.1) is 6.92 Å². The Hall–Kier alpha value is -3.66. The molecule has 0 aliphatic carbocycles. The minimum absolute atomic E-state index is 0.0416. The number of hydrogen-bond acceptors (Lipinski definition) is 3. The van der Waals surface area contributed by atoms with Crippen molar-refractivity contribution < 1.29 is 5.11 Å². The summed E-state index contributed by atoms with van der Waals surface area (Å²) in [5.74, 6) is 0.573. The minimum atomic E-state index is -0.260. The number of nitrogens with zero attached hydrogens (tertiary/aromatic N) is 2. The first-order valence-electron chi connectivity index (χ1n) is 9.15. The van der Waals surface area contributed by atoms with Crippen LogP contribution in [-0.4, -0.2) is 14.7 Å². The van der Waals surface area contributed by atoms with E-state index in [0.29, 0.717) is 29.1 Å². The van der Waals surface area contributed by atoms with Crippen LogP contribution in [0.4, 0.5) is 0 Å². The maximum absolute atomic E-state index is 13.5. The normalized spacial score (nSPS) is 10.8. The summed E-state index contributed by atoms with van der Waals surface area (Å²) in [7, 11) is 0. The maximum atomic E-state index is 13.5. The zero-order chi connectivity index (χ0) is 19.5. The van der Waals surface area contributed by atoms with Crippen molar-refractivity contribution in [3.8, 4) is 22.8 Å². The van der Waals surface area contributed by atoms with Gasteiger partial charge in [0.15, 0.2) is 0 Å². The Morgan fingerprint density at radius 3 is 2.18 bits per heavy atom. The van der Waals surface area contributed by atoms with Gasteiger partial charge in [0.2, 0.25) is 0 Å². The van der Waals surface area contributed by atoms with Crippen molar-refractivity contribution in [1.29, 1.82) is 0 Å². The Bertz CT molecular complexity index is 1150. The van der Waals surface area contributed by atoms with E-state index < -0.39 is 0 Å². The number of benzene rings is 2. The summed E-state index contributed by atoms with van der Waals surface area (Å²) in [4.78, 5) is 17.9. The Balaban J connectivity index is 2.02. The first kappa shape index (κ1) is 17.7. The molecule has 0 radical (unpaired) electrons. The lowest BCUT2D eigenvalue weighted by Crippen LogP contribution is -2.26. The Morgan fingerprint density at radius 2 is 1.54 bits per heavy atom. The molecule has 28 heavy (non-hydrogen) atoms. The molecule has 0 fully saturated rings. The molecular weight excluding hydrogens is 348 g/mol. The second kappa shape index (κ2) is 7.53. The molecule has 0 amide bonds. The van der Waals surface area contributed by atoms with E-state index in [4.69, 9.17) is 0 Å². The number of aromatic hydroxyl groups is 1. The van der Waals surface area contributed by atoms with Gasteiger partial charge < -0.3 is 5.11 Å². The van der Waals surface area contributed by atoms with Gasteiger partial charge >= 0.3 is 0 Å². The highest BCUT2D eigenvalue weighted by Crippen LogP contribution is 2.32. The Labute approximate surface area is 163 Å². The second-order valence-electron chi connectivity index (χ2n) is 6.66. The second-order valence-corrected chi connectivity index (χ2v) is 6.66. The number of rotatable bonds is 4. The molecule has 2 aromatic carbocycles. The van der Waals surface area contributed by atoms with Gasteiger partial charge in [0, 0.05) is 18.2 Å². The van der Waals surface area contributed by atoms with E-state index in [0.717, 1.165) is 11.1 Å². The maximum Gasteiger partial charge on any atom is 0.264 e. The summed E-state index contributed by atoms with van der Waals surface area (Å²) < 4.78 is 1.60. The van der Waals surface area contributed by atoms with Crippen LogP contribution >= 0.6 is 0 Å². The average Bonchev–Trinajstić information content (AvgIpc) is 2.75. The quantitative estimate of drug-likeness (QED) is 0.577. The lowest BCUT2D eigenvalue weighted by atomic mass is 9.99. The van der Waals surface area contributed by atoms with Crippen LogP contribution in [0.2, 0.25) is 0 Å². The molecule has 4 nitrogen and oxygen atoms in total. The van der Waals surface area contributed by atoms with Crippen molar-refractivity contribution in [1.82, 2.24) is 9.55 Å². The molecule has 0 aliphatic heterocycles. The molecule has 0 spiro atoms. The third-order valence-corrected chi connectivity index (χ3v) is 4.83. The summed E-state index contributed by atoms with van der Waals surface area (Å²) in [5.41, 5.74) is 3.23. The average molecular weight is 368 g/mol. The molecule has 1 N–H and O–H groups in total. The standard InChI is InChI=1S/C24H20N2O2/c1-17-22(19-12-6-3-7-13-19)26(21-14-8-9-15-25-21)24(28)20(23(17)27)16-18-10-4-2-5-11-18/h2-15,27H,16H2,1H3. The first-order valence-corrected chi connectivity index (χ1v) is 9.15. The molecule has 4 heteroatoms. The van der Waals surface area contributed by atoms with Crippen molar-refractivity contribution in [2.45, 2.75) is 13.3 Å². The predicted octanol–water partition coefficient (Wildman–Crippen LogP) is 4.50. The SMILES string of the molecule is Cc1c(O)c(Cc2ccccc2)c(=O)n(-c2ccccn2)c1-c1ccccc1. The monoisotopic (exact) mass is 368 g/mol. The predicted molar refractivity (Wildman–Crippen MR) is 111 cm³/mol. The fraction of sp³-hybridized carbons (Fsp3) is 0.0833. The van der Waals surface area contributed by atoms with Gasteiger partial charge in [-0.15, -0.1) is 0 Å². The zero-order valence-corrected chi connectivity index (χ0v) is 15.5. The molecule has 2 heterocycles. The summed E-state index contributed by atoms with van der Waals surface area (Å²) >= 11 is 0. The lowest BCUT2D eigenvalue weighted by Gasteiger charge is -2.19. The molecule has 2 aromatic heterocycles. The van der Waals surface area contributed by atoms with Gasteiger partial charge in [-0.2, -0.15) is 0 Å². The van der Waals surface area contributed by atoms with Crippen LogP contribution < -0.4 is 5.56 Å². The number of pyridine rings is 2. The van der Waals surface area contributed by atoms with Crippen molar-refractivity contribution in [2.75, 3.05) is 0 Å². The van der Waals surface area contributed by atoms with Crippen LogP contribution in [0.5, 0.6) is 5.75 Å². The van der Waals surface area contributed by atoms with Crippen LogP contribution in [0.25, 0.3) is 17.1 Å². The molecule has 0 atom stereocenters. The Kier molecular flexibility index (Phi) is 4.77. The van der Waals surface area contributed by atoms with Gasteiger partial charge in [-0.3, -0.25) is 9.36 Å². The first-order chi connectivity index (χ1) is 13.7. The lowest BCUT2D eigenvalue weighted by molar-refractivity contribution is 0.462. The van der Waals surface area contributed by atoms with Crippen molar-refractivity contribution in [3.05, 3.63) is 112 Å². The van der Waals surface area contributed by atoms with Crippen LogP contribution in [-0.2, 0) is 6.42 Å². The summed E-state index contributed by atoms with van der Waals surface area (Å²) in [6, 6.07) is 24.8. The molecule has 4 aromatic rings. The third-order valence-electron chi connectivity index (χ3n) is 4.83. The summed E-state index contributed by atoms with van der Waals surface area (Å²) in [5, 5.41) is 10.9. The van der Waals surface area contributed by atoms with Gasteiger partial charge in [0.1, 0.15) is 11.6 Å². The van der Waals surface area contributed by atoms with E-state index in [9.17, 15) is 9.90 Å². The zero-order valence-electron chi connectivity index (χ0n) is 15.5. The van der Waals surface area contributed by atoms with E-state index in [1.807, 2.05) is 79.7 Å². The summed E-state index contributed by atoms with van der Waals surface area (Å²) in [6.45, 7) is 1.84. The highest BCUT2D eigenvalue weighted by atomic mass is 16.3. The van der Waals surface area contributed by atoms with Gasteiger partial charge in [-0.25, -0.2) is 4.98 Å². The van der Waals surface area contributed by atoms with Gasteiger partial charge in [-0.1, -0.05) is 66.7 Å². The van der Waals surface area contributed by atoms with Crippen LogP contribution in [0.15, 0.2) is 89.9 Å². The van der Waals surface area contributed by atoms with E-state index in [2.05, 4.69) is 4.98 Å². The van der Waals surface area contributed by atoms with Gasteiger partial charge in [0.25, 0.3) is 5.56 Å². The van der Waals surface area contributed by atoms with Gasteiger partial charge in [-0.05, 0) is 30.2 Å². The van der Waals surface area contributed by atoms with Gasteiger partial charge in [0.05, 0.1) is 11.3 Å². The smallest absolute Gasteiger partial charge is 0.264 e. The van der Waals surface area contributed by atoms with Crippen LogP contribution in [0.1, 0.15) is 16.7 Å². The molecule has 138 valence electrons. The Morgan fingerprint density at radius 1 is 0.893 bits per heavy atom. The molecular formula is C24H20N2O2. The molecule has 0 unspecified atom stereocenters. The third kappa shape index (κ3) is 3.21. The largest absolute Gasteiger partial charge is 0.507 e. The molecule has 0 bridgehead atoms. The minimum Gasteiger partial charge on any atom is -0.507 e. The fourth-order valence-corrected chi connectivity index (χ4v) is 3.45.